The highest BCUT2D eigenvalue weighted by molar-refractivity contribution is 5.58. The average molecular weight is 707 g/mol. The minimum Gasteiger partial charge on any atom is -0.493 e. The molecule has 0 unspecified atom stereocenters. The van der Waals surface area contributed by atoms with Crippen molar-refractivity contribution in [3.8, 4) is 17.1 Å². The van der Waals surface area contributed by atoms with Crippen LogP contribution in [0.15, 0.2) is 36.7 Å². The molecule has 1 aromatic carbocycles. The molecule has 0 saturated carbocycles. The van der Waals surface area contributed by atoms with Gasteiger partial charge in [-0.3, -0.25) is 0 Å². The van der Waals surface area contributed by atoms with Crippen LogP contribution in [0.1, 0.15) is 57.4 Å². The third-order valence-corrected chi connectivity index (χ3v) is 6.32. The Bertz CT molecular complexity index is 1230. The molecule has 47 heavy (non-hydrogen) atoms. The molecule has 0 aliphatic rings. The monoisotopic (exact) mass is 706 g/mol. The van der Waals surface area contributed by atoms with Crippen LogP contribution in [0.3, 0.4) is 0 Å². The van der Waals surface area contributed by atoms with Gasteiger partial charge in [0.1, 0.15) is 12.4 Å². The average Bonchev–Trinajstić information content (AvgIpc) is 2.95. The summed E-state index contributed by atoms with van der Waals surface area (Å²) in [6, 6.07) is 6.70. The van der Waals surface area contributed by atoms with Crippen LogP contribution in [0.2, 0.25) is 0 Å². The van der Waals surface area contributed by atoms with E-state index in [0.717, 1.165) is 44.1 Å². The molecule has 0 bridgehead atoms. The van der Waals surface area contributed by atoms with Crippen LogP contribution in [0, 0.1) is 0 Å². The number of aryl methyl sites for hydroxylation is 1. The molecule has 19 heteroatoms. The summed E-state index contributed by atoms with van der Waals surface area (Å²) in [6.45, 7) is -1.52. The van der Waals surface area contributed by atoms with Gasteiger partial charge in [0.2, 0.25) is 0 Å². The van der Waals surface area contributed by atoms with Crippen LogP contribution in [-0.2, 0) is 20.6 Å². The largest absolute Gasteiger partial charge is 0.527 e. The molecule has 6 nitrogen and oxygen atoms in total. The van der Waals surface area contributed by atoms with E-state index in [1.165, 1.54) is 0 Å². The van der Waals surface area contributed by atoms with Gasteiger partial charge in [-0.05, 0) is 42.7 Å². The van der Waals surface area contributed by atoms with Crippen LogP contribution in [0.5, 0.6) is 5.75 Å². The van der Waals surface area contributed by atoms with Crippen molar-refractivity contribution in [3.05, 3.63) is 42.2 Å². The predicted molar refractivity (Wildman–Crippen MR) is 138 cm³/mol. The van der Waals surface area contributed by atoms with E-state index in [1.807, 2.05) is 4.74 Å². The van der Waals surface area contributed by atoms with Crippen molar-refractivity contribution in [2.45, 2.75) is 94.8 Å². The lowest BCUT2D eigenvalue weighted by atomic mass is 10.0. The van der Waals surface area contributed by atoms with Gasteiger partial charge in [-0.2, -0.15) is 43.9 Å². The molecule has 2 aromatic rings. The molecular formula is C28H31F13N2O4. The van der Waals surface area contributed by atoms with Crippen LogP contribution in [-0.4, -0.2) is 66.3 Å². The van der Waals surface area contributed by atoms with Crippen molar-refractivity contribution < 1.29 is 76.0 Å². The lowest BCUT2D eigenvalue weighted by Crippen LogP contribution is -2.61. The maximum absolute atomic E-state index is 13.9. The van der Waals surface area contributed by atoms with E-state index in [2.05, 4.69) is 21.6 Å². The van der Waals surface area contributed by atoms with Crippen molar-refractivity contribution in [2.75, 3.05) is 19.8 Å². The summed E-state index contributed by atoms with van der Waals surface area (Å²) in [5, 5.41) is 0. The second kappa shape index (κ2) is 16.5. The van der Waals surface area contributed by atoms with Crippen molar-refractivity contribution in [3.63, 3.8) is 0 Å². The molecule has 0 atom stereocenters. The van der Waals surface area contributed by atoms with Crippen LogP contribution in [0.4, 0.5) is 57.1 Å². The Morgan fingerprint density at radius 1 is 0.660 bits per heavy atom. The van der Waals surface area contributed by atoms with E-state index in [0.29, 0.717) is 23.6 Å². The first-order valence-corrected chi connectivity index (χ1v) is 14.1. The van der Waals surface area contributed by atoms with Gasteiger partial charge in [-0.1, -0.05) is 39.0 Å². The van der Waals surface area contributed by atoms with Gasteiger partial charge in [0.05, 0.1) is 13.2 Å². The second-order valence-corrected chi connectivity index (χ2v) is 10.1. The Kier molecular flexibility index (Phi) is 14.1. The molecule has 268 valence electrons. The highest BCUT2D eigenvalue weighted by atomic mass is 19.4. The fourth-order valence-electron chi connectivity index (χ4n) is 3.93. The first-order valence-electron chi connectivity index (χ1n) is 14.1. The maximum atomic E-state index is 13.9. The fraction of sp³-hybridized carbons (Fsp3) is 0.643. The van der Waals surface area contributed by atoms with Gasteiger partial charge < -0.3 is 9.47 Å². The van der Waals surface area contributed by atoms with Crippen LogP contribution >= 0.6 is 0 Å². The highest BCUT2D eigenvalue weighted by Gasteiger charge is 2.78. The van der Waals surface area contributed by atoms with Gasteiger partial charge >= 0.3 is 36.5 Å². The minimum atomic E-state index is -7.13. The molecule has 2 rings (SSSR count). The second-order valence-electron chi connectivity index (χ2n) is 10.1. The molecule has 0 aliphatic heterocycles. The summed E-state index contributed by atoms with van der Waals surface area (Å²) < 4.78 is 184. The maximum Gasteiger partial charge on any atom is 0.527 e. The number of benzene rings is 1. The van der Waals surface area contributed by atoms with Gasteiger partial charge in [-0.15, -0.1) is 13.2 Å². The first kappa shape index (κ1) is 40.2. The van der Waals surface area contributed by atoms with E-state index in [4.69, 9.17) is 4.74 Å². The van der Waals surface area contributed by atoms with Gasteiger partial charge in [0.25, 0.3) is 0 Å². The summed E-state index contributed by atoms with van der Waals surface area (Å²) in [4.78, 5) is 8.37. The third kappa shape index (κ3) is 11.6. The Balaban J connectivity index is 1.97. The Morgan fingerprint density at radius 2 is 1.26 bits per heavy atom. The summed E-state index contributed by atoms with van der Waals surface area (Å²) in [5.74, 6) is -12.2. The summed E-state index contributed by atoms with van der Waals surface area (Å²) in [6.07, 6.45) is -18.4. The van der Waals surface area contributed by atoms with Gasteiger partial charge in [-0.25, -0.2) is 19.4 Å². The standard InChI is InChI=1S/C28H31F13N2O4/c1-2-3-4-5-6-7-10-19-17-20(22-42-13-8-14-43-22)11-12-21(19)45-16-9-15-44-18-23(29,30)24(31,32)25(33,34)46-26(35,36)27(37,38)47-28(39,40)41/h8,11-14,17H,2-7,9-10,15-16,18H2,1H3. The molecule has 1 heterocycles. The summed E-state index contributed by atoms with van der Waals surface area (Å²) in [7, 11) is 0. The number of rotatable bonds is 21. The quantitative estimate of drug-likeness (QED) is 0.0953. The smallest absolute Gasteiger partial charge is 0.493 e. The number of hydrogen-bond donors (Lipinski definition) is 0. The van der Waals surface area contributed by atoms with E-state index in [-0.39, 0.29) is 13.0 Å². The Hall–Kier alpha value is -2.93. The molecule has 0 amide bonds. The van der Waals surface area contributed by atoms with E-state index < -0.39 is 49.7 Å². The minimum absolute atomic E-state index is 0.244. The summed E-state index contributed by atoms with van der Waals surface area (Å²) >= 11 is 0. The number of alkyl halides is 13. The van der Waals surface area contributed by atoms with Crippen molar-refractivity contribution in [1.82, 2.24) is 9.97 Å². The molecule has 0 N–H and O–H groups in total. The topological polar surface area (TPSA) is 62.7 Å². The number of unbranched alkanes of at least 4 members (excludes halogenated alkanes) is 5. The van der Waals surface area contributed by atoms with Gasteiger partial charge in [0, 0.05) is 24.4 Å². The molecule has 0 fully saturated rings. The molecule has 1 aromatic heterocycles. The number of halogens is 13. The molecule has 0 radical (unpaired) electrons. The summed E-state index contributed by atoms with van der Waals surface area (Å²) in [5.41, 5.74) is 1.43. The predicted octanol–water partition coefficient (Wildman–Crippen LogP) is 9.43. The Morgan fingerprint density at radius 3 is 1.87 bits per heavy atom. The lowest BCUT2D eigenvalue weighted by molar-refractivity contribution is -0.547. The lowest BCUT2D eigenvalue weighted by Gasteiger charge is -2.35. The van der Waals surface area contributed by atoms with Crippen molar-refractivity contribution in [2.24, 2.45) is 0 Å². The zero-order chi connectivity index (χ0) is 35.6. The normalized spacial score (nSPS) is 13.7. The van der Waals surface area contributed by atoms with Crippen LogP contribution < -0.4 is 4.74 Å². The Labute approximate surface area is 260 Å². The zero-order valence-corrected chi connectivity index (χ0v) is 24.7. The van der Waals surface area contributed by atoms with Crippen molar-refractivity contribution in [1.29, 1.82) is 0 Å². The number of ether oxygens (including phenoxy) is 4. The first-order chi connectivity index (χ1) is 21.7. The molecule has 0 aliphatic carbocycles. The highest BCUT2D eigenvalue weighted by Crippen LogP contribution is 2.51. The van der Waals surface area contributed by atoms with E-state index in [9.17, 15) is 57.1 Å². The number of nitrogens with zero attached hydrogens (tertiary/aromatic N) is 2. The zero-order valence-electron chi connectivity index (χ0n) is 24.7. The van der Waals surface area contributed by atoms with E-state index in [1.54, 1.807) is 41.4 Å². The molecule has 0 saturated heterocycles. The van der Waals surface area contributed by atoms with Gasteiger partial charge in [0.15, 0.2) is 5.82 Å². The van der Waals surface area contributed by atoms with Crippen molar-refractivity contribution >= 4 is 0 Å². The van der Waals surface area contributed by atoms with Crippen LogP contribution in [0.25, 0.3) is 11.4 Å². The van der Waals surface area contributed by atoms with E-state index >= 15 is 0 Å². The number of aromatic nitrogens is 2. The fourth-order valence-corrected chi connectivity index (χ4v) is 3.93. The molecule has 0 spiro atoms. The molecular weight excluding hydrogens is 675 g/mol. The third-order valence-electron chi connectivity index (χ3n) is 6.32. The SMILES string of the molecule is CCCCCCCCc1cc(-c2ncccn2)ccc1OCCCOCC(F)(F)C(F)(F)C(F)(F)OC(F)(F)C(F)(F)OC(F)(F)F. The number of hydrogen-bond acceptors (Lipinski definition) is 6.